The van der Waals surface area contributed by atoms with Crippen molar-refractivity contribution < 1.29 is 9.59 Å². The lowest BCUT2D eigenvalue weighted by Crippen LogP contribution is -2.49. The highest BCUT2D eigenvalue weighted by atomic mass is 16.2. The number of carbonyl (C=O) groups excluding carboxylic acids is 2. The van der Waals surface area contributed by atoms with Crippen LogP contribution in [0, 0.1) is 0 Å². The van der Waals surface area contributed by atoms with Crippen LogP contribution in [-0.2, 0) is 17.9 Å². The summed E-state index contributed by atoms with van der Waals surface area (Å²) in [5.41, 5.74) is 10.3. The quantitative estimate of drug-likeness (QED) is 0.260. The number of hydrogen-bond acceptors (Lipinski definition) is 3. The van der Waals surface area contributed by atoms with Crippen LogP contribution in [0.2, 0.25) is 0 Å². The van der Waals surface area contributed by atoms with E-state index in [1.807, 2.05) is 45.0 Å². The van der Waals surface area contributed by atoms with Crippen molar-refractivity contribution in [1.29, 1.82) is 0 Å². The van der Waals surface area contributed by atoms with E-state index in [0.29, 0.717) is 39.1 Å². The molecule has 1 unspecified atom stereocenters. The van der Waals surface area contributed by atoms with Crippen LogP contribution in [0.5, 0.6) is 0 Å². The molecule has 6 nitrogen and oxygen atoms in total. The molecule has 2 heterocycles. The summed E-state index contributed by atoms with van der Waals surface area (Å²) in [6, 6.07) is 33.0. The molecule has 41 heavy (non-hydrogen) atoms. The van der Waals surface area contributed by atoms with Crippen LogP contribution < -0.4 is 5.73 Å². The Hall–Kier alpha value is -4.16. The van der Waals surface area contributed by atoms with Gasteiger partial charge in [-0.3, -0.25) is 4.79 Å². The predicted molar refractivity (Wildman–Crippen MR) is 164 cm³/mol. The Morgan fingerprint density at radius 2 is 1.39 bits per heavy atom. The van der Waals surface area contributed by atoms with Gasteiger partial charge in [-0.1, -0.05) is 91.0 Å². The Kier molecular flexibility index (Phi) is 8.01. The van der Waals surface area contributed by atoms with E-state index >= 15 is 0 Å². The molecule has 210 valence electrons. The largest absolute Gasteiger partial charge is 0.337 e. The van der Waals surface area contributed by atoms with Gasteiger partial charge in [0.05, 0.1) is 6.04 Å². The first-order valence-corrected chi connectivity index (χ1v) is 14.8. The molecule has 0 spiro atoms. The highest BCUT2D eigenvalue weighted by molar-refractivity contribution is 5.89. The molecule has 2 N–H and O–H groups in total. The molecule has 2 atom stereocenters. The Morgan fingerprint density at radius 1 is 0.707 bits per heavy atom. The number of amides is 3. The van der Waals surface area contributed by atoms with Crippen LogP contribution in [0.3, 0.4) is 0 Å². The summed E-state index contributed by atoms with van der Waals surface area (Å²) in [6.07, 6.45) is 3.10. The van der Waals surface area contributed by atoms with Crippen LogP contribution in [0.25, 0.3) is 21.9 Å². The van der Waals surface area contributed by atoms with Crippen LogP contribution in [0.15, 0.2) is 97.1 Å². The summed E-state index contributed by atoms with van der Waals surface area (Å²) in [6.45, 7) is 2.98. The zero-order valence-electron chi connectivity index (χ0n) is 23.5. The van der Waals surface area contributed by atoms with Gasteiger partial charge in [0.1, 0.15) is 6.04 Å². The highest BCUT2D eigenvalue weighted by Crippen LogP contribution is 2.31. The average Bonchev–Trinajstić information content (AvgIpc) is 3.25. The van der Waals surface area contributed by atoms with E-state index in [2.05, 4.69) is 66.7 Å². The average molecular weight is 547 g/mol. The Labute approximate surface area is 242 Å². The lowest BCUT2D eigenvalue weighted by molar-refractivity contribution is -0.135. The second-order valence-corrected chi connectivity index (χ2v) is 11.3. The highest BCUT2D eigenvalue weighted by Gasteiger charge is 2.46. The van der Waals surface area contributed by atoms with Crippen molar-refractivity contribution in [3.8, 4) is 11.1 Å². The first-order chi connectivity index (χ1) is 20.1. The van der Waals surface area contributed by atoms with Gasteiger partial charge >= 0.3 is 6.03 Å². The Bertz CT molecular complexity index is 1500. The second kappa shape index (κ2) is 12.1. The summed E-state index contributed by atoms with van der Waals surface area (Å²) >= 11 is 0. The minimum absolute atomic E-state index is 0.0270. The van der Waals surface area contributed by atoms with Crippen molar-refractivity contribution in [3.63, 3.8) is 0 Å². The SMILES string of the molecule is NCCCCC1C(=O)N(Cc2ccc3ccccc3c2)CC[C@H]2CN(Cc3ccc(-c4ccccc4)cc3)C(=O)N12. The van der Waals surface area contributed by atoms with Crippen LogP contribution in [0.4, 0.5) is 4.79 Å². The van der Waals surface area contributed by atoms with E-state index in [9.17, 15) is 9.59 Å². The van der Waals surface area contributed by atoms with Gasteiger partial charge in [-0.05, 0) is 71.3 Å². The normalized spacial score (nSPS) is 19.1. The topological polar surface area (TPSA) is 69.9 Å². The fraction of sp³-hybridized carbons (Fsp3) is 0.314. The summed E-state index contributed by atoms with van der Waals surface area (Å²) in [4.78, 5) is 33.6. The first-order valence-electron chi connectivity index (χ1n) is 14.8. The fourth-order valence-corrected chi connectivity index (χ4v) is 6.35. The van der Waals surface area contributed by atoms with Crippen LogP contribution in [0.1, 0.15) is 36.8 Å². The Morgan fingerprint density at radius 3 is 2.17 bits per heavy atom. The van der Waals surface area contributed by atoms with Gasteiger partial charge in [0.2, 0.25) is 5.91 Å². The monoisotopic (exact) mass is 546 g/mol. The van der Waals surface area contributed by atoms with Crippen molar-refractivity contribution in [2.75, 3.05) is 19.6 Å². The number of rotatable bonds is 9. The summed E-state index contributed by atoms with van der Waals surface area (Å²) < 4.78 is 0. The third-order valence-electron chi connectivity index (χ3n) is 8.53. The predicted octanol–water partition coefficient (Wildman–Crippen LogP) is 6.04. The number of unbranched alkanes of at least 4 members (excludes halogenated alkanes) is 1. The Balaban J connectivity index is 1.18. The van der Waals surface area contributed by atoms with Gasteiger partial charge in [0, 0.05) is 26.2 Å². The molecule has 0 aromatic heterocycles. The molecule has 2 aliphatic rings. The van der Waals surface area contributed by atoms with Gasteiger partial charge in [0.15, 0.2) is 0 Å². The van der Waals surface area contributed by atoms with E-state index in [-0.39, 0.29) is 18.0 Å². The number of benzene rings is 4. The maximum atomic E-state index is 14.0. The molecular formula is C35H38N4O2. The number of carbonyl (C=O) groups is 2. The van der Waals surface area contributed by atoms with E-state index < -0.39 is 6.04 Å². The minimum Gasteiger partial charge on any atom is -0.337 e. The zero-order chi connectivity index (χ0) is 28.2. The lowest BCUT2D eigenvalue weighted by atomic mass is 10.0. The molecule has 2 aliphatic heterocycles. The number of nitrogens with two attached hydrogens (primary N) is 1. The molecule has 0 aliphatic carbocycles. The van der Waals surface area contributed by atoms with E-state index in [0.717, 1.165) is 36.0 Å². The second-order valence-electron chi connectivity index (χ2n) is 11.3. The zero-order valence-corrected chi connectivity index (χ0v) is 23.5. The molecule has 0 radical (unpaired) electrons. The van der Waals surface area contributed by atoms with Crippen molar-refractivity contribution in [1.82, 2.24) is 14.7 Å². The van der Waals surface area contributed by atoms with E-state index in [1.165, 1.54) is 16.3 Å². The molecular weight excluding hydrogens is 508 g/mol. The number of hydrogen-bond donors (Lipinski definition) is 1. The van der Waals surface area contributed by atoms with E-state index in [1.54, 1.807) is 0 Å². The molecule has 0 saturated carbocycles. The van der Waals surface area contributed by atoms with Crippen molar-refractivity contribution in [3.05, 3.63) is 108 Å². The number of fused-ring (bicyclic) bond motifs is 2. The lowest BCUT2D eigenvalue weighted by Gasteiger charge is -2.31. The molecule has 4 aromatic rings. The van der Waals surface area contributed by atoms with Gasteiger partial charge in [-0.15, -0.1) is 0 Å². The molecule has 6 rings (SSSR count). The summed E-state index contributed by atoms with van der Waals surface area (Å²) in [5.74, 6) is 0.0556. The van der Waals surface area contributed by atoms with E-state index in [4.69, 9.17) is 5.73 Å². The molecule has 6 heteroatoms. The van der Waals surface area contributed by atoms with Gasteiger partial charge in [-0.2, -0.15) is 0 Å². The fourth-order valence-electron chi connectivity index (χ4n) is 6.35. The standard InChI is InChI=1S/C35H38N4O2/c36-20-7-6-12-33-34(40)37(24-27-15-18-29-10-4-5-11-31(29)22-27)21-19-32-25-38(35(41)39(32)33)23-26-13-16-30(17-14-26)28-8-2-1-3-9-28/h1-5,8-11,13-18,22,32-33H,6-7,12,19-21,23-25,36H2/t32-,33?/m0/s1. The summed E-state index contributed by atoms with van der Waals surface area (Å²) in [5, 5.41) is 2.37. The van der Waals surface area contributed by atoms with Crippen LogP contribution >= 0.6 is 0 Å². The van der Waals surface area contributed by atoms with Crippen LogP contribution in [-0.4, -0.2) is 58.4 Å². The van der Waals surface area contributed by atoms with Gasteiger partial charge < -0.3 is 20.4 Å². The maximum absolute atomic E-state index is 14.0. The third kappa shape index (κ3) is 5.84. The first kappa shape index (κ1) is 27.0. The summed E-state index contributed by atoms with van der Waals surface area (Å²) in [7, 11) is 0. The molecule has 4 aromatic carbocycles. The number of nitrogens with zero attached hydrogens (tertiary/aromatic N) is 3. The molecule has 0 bridgehead atoms. The molecule has 3 amide bonds. The van der Waals surface area contributed by atoms with Gasteiger partial charge in [-0.25, -0.2) is 4.79 Å². The van der Waals surface area contributed by atoms with Gasteiger partial charge in [0.25, 0.3) is 0 Å². The van der Waals surface area contributed by atoms with Crippen molar-refractivity contribution in [2.24, 2.45) is 5.73 Å². The van der Waals surface area contributed by atoms with Crippen molar-refractivity contribution in [2.45, 2.75) is 50.9 Å². The molecule has 2 saturated heterocycles. The minimum atomic E-state index is -0.451. The maximum Gasteiger partial charge on any atom is 0.321 e. The number of urea groups is 1. The molecule has 2 fully saturated rings. The third-order valence-corrected chi connectivity index (χ3v) is 8.53. The smallest absolute Gasteiger partial charge is 0.321 e. The van der Waals surface area contributed by atoms with Crippen molar-refractivity contribution >= 4 is 22.7 Å².